The molecule has 26 heavy (non-hydrogen) atoms. The fraction of sp³-hybridized carbons (Fsp3) is 0.0526. The van der Waals surface area contributed by atoms with E-state index in [-0.39, 0.29) is 0 Å². The summed E-state index contributed by atoms with van der Waals surface area (Å²) in [5.74, 6) is 1.48. The van der Waals surface area contributed by atoms with E-state index in [1.807, 2.05) is 30.3 Å². The van der Waals surface area contributed by atoms with Crippen LogP contribution in [-0.2, 0) is 0 Å². The van der Waals surface area contributed by atoms with Crippen LogP contribution in [0.3, 0.4) is 0 Å². The molecule has 4 aromatic rings. The normalized spacial score (nSPS) is 10.9. The molecule has 2 N–H and O–H groups in total. The monoisotopic (exact) mass is 384 g/mol. The highest BCUT2D eigenvalue weighted by molar-refractivity contribution is 6.35. The number of fused-ring (bicyclic) bond motifs is 1. The van der Waals surface area contributed by atoms with E-state index in [0.717, 1.165) is 33.7 Å². The van der Waals surface area contributed by atoms with Crippen molar-refractivity contribution in [1.29, 1.82) is 0 Å². The van der Waals surface area contributed by atoms with E-state index in [2.05, 4.69) is 20.3 Å². The molecule has 0 aliphatic heterocycles. The fourth-order valence-electron chi connectivity index (χ4n) is 2.73. The lowest BCUT2D eigenvalue weighted by molar-refractivity contribution is 0.415. The van der Waals surface area contributed by atoms with Gasteiger partial charge in [-0.05, 0) is 54.1 Å². The van der Waals surface area contributed by atoms with Crippen molar-refractivity contribution in [1.82, 2.24) is 15.0 Å². The first-order valence-electron chi connectivity index (χ1n) is 7.83. The molecular weight excluding hydrogens is 371 g/mol. The number of anilines is 2. The van der Waals surface area contributed by atoms with E-state index in [4.69, 9.17) is 27.9 Å². The van der Waals surface area contributed by atoms with Crippen LogP contribution in [0.1, 0.15) is 0 Å². The van der Waals surface area contributed by atoms with Crippen molar-refractivity contribution in [2.45, 2.75) is 0 Å². The van der Waals surface area contributed by atoms with Gasteiger partial charge in [0.2, 0.25) is 0 Å². The second kappa shape index (κ2) is 6.86. The third-order valence-corrected chi connectivity index (χ3v) is 4.39. The minimum atomic E-state index is 0.554. The van der Waals surface area contributed by atoms with E-state index in [1.165, 1.54) is 6.33 Å². The molecule has 2 aromatic carbocycles. The van der Waals surface area contributed by atoms with Crippen LogP contribution in [0.5, 0.6) is 5.75 Å². The van der Waals surface area contributed by atoms with Crippen molar-refractivity contribution < 1.29 is 4.74 Å². The number of hydrogen-bond donors (Lipinski definition) is 2. The van der Waals surface area contributed by atoms with Gasteiger partial charge in [-0.2, -0.15) is 0 Å². The lowest BCUT2D eigenvalue weighted by atomic mass is 10.1. The Hall–Kier alpha value is -2.76. The summed E-state index contributed by atoms with van der Waals surface area (Å²) < 4.78 is 5.20. The molecule has 0 unspecified atom stereocenters. The van der Waals surface area contributed by atoms with Crippen LogP contribution in [0, 0.1) is 0 Å². The van der Waals surface area contributed by atoms with Crippen LogP contribution in [-0.4, -0.2) is 22.1 Å². The maximum Gasteiger partial charge on any atom is 0.143 e. The van der Waals surface area contributed by atoms with Crippen molar-refractivity contribution in [3.8, 4) is 17.0 Å². The van der Waals surface area contributed by atoms with Gasteiger partial charge in [0, 0.05) is 21.4 Å². The van der Waals surface area contributed by atoms with Gasteiger partial charge in [-0.15, -0.1) is 0 Å². The Morgan fingerprint density at radius 3 is 2.38 bits per heavy atom. The molecule has 0 bridgehead atoms. The zero-order chi connectivity index (χ0) is 18.1. The second-order valence-corrected chi connectivity index (χ2v) is 6.55. The van der Waals surface area contributed by atoms with Gasteiger partial charge in [0.1, 0.15) is 23.5 Å². The number of aromatic amines is 1. The van der Waals surface area contributed by atoms with Crippen LogP contribution in [0.15, 0.2) is 54.9 Å². The topological polar surface area (TPSA) is 62.8 Å². The van der Waals surface area contributed by atoms with Crippen LogP contribution >= 0.6 is 23.2 Å². The minimum absolute atomic E-state index is 0.554. The molecule has 0 aliphatic rings. The van der Waals surface area contributed by atoms with Gasteiger partial charge in [-0.1, -0.05) is 23.2 Å². The van der Waals surface area contributed by atoms with E-state index >= 15 is 0 Å². The summed E-state index contributed by atoms with van der Waals surface area (Å²) >= 11 is 12.1. The van der Waals surface area contributed by atoms with Gasteiger partial charge in [0.15, 0.2) is 0 Å². The third kappa shape index (κ3) is 3.31. The van der Waals surface area contributed by atoms with Crippen molar-refractivity contribution in [3.63, 3.8) is 0 Å². The minimum Gasteiger partial charge on any atom is -0.497 e. The molecule has 0 aliphatic carbocycles. The summed E-state index contributed by atoms with van der Waals surface area (Å²) in [4.78, 5) is 12.0. The molecule has 0 saturated carbocycles. The maximum absolute atomic E-state index is 6.07. The molecule has 0 fully saturated rings. The molecule has 0 amide bonds. The first kappa shape index (κ1) is 16.7. The summed E-state index contributed by atoms with van der Waals surface area (Å²) in [6.45, 7) is 0. The number of ether oxygens (including phenoxy) is 1. The molecule has 0 spiro atoms. The summed E-state index contributed by atoms with van der Waals surface area (Å²) in [6.07, 6.45) is 1.51. The van der Waals surface area contributed by atoms with E-state index < -0.39 is 0 Å². The molecule has 5 nitrogen and oxygen atoms in total. The van der Waals surface area contributed by atoms with Crippen LogP contribution in [0.2, 0.25) is 10.0 Å². The average molecular weight is 385 g/mol. The standard InChI is InChI=1S/C19H14Cl2N4O/c1-26-15-4-2-11(3-5-15)17-9-16-18(22-10-23-19(16)25-17)24-14-7-12(20)6-13(21)8-14/h2-10H,1H3,(H2,22,23,24,25). The number of benzene rings is 2. The van der Waals surface area contributed by atoms with Gasteiger partial charge in [0.05, 0.1) is 12.5 Å². The molecule has 2 heterocycles. The lowest BCUT2D eigenvalue weighted by Gasteiger charge is -2.07. The highest BCUT2D eigenvalue weighted by Crippen LogP contribution is 2.30. The number of methoxy groups -OCH3 is 1. The fourth-order valence-corrected chi connectivity index (χ4v) is 3.25. The Labute approximate surface area is 160 Å². The number of halogens is 2. The summed E-state index contributed by atoms with van der Waals surface area (Å²) in [5, 5.41) is 5.23. The number of nitrogens with one attached hydrogen (secondary N) is 2. The number of nitrogens with zero attached hydrogens (tertiary/aromatic N) is 2. The number of hydrogen-bond acceptors (Lipinski definition) is 4. The molecule has 0 radical (unpaired) electrons. The molecule has 0 saturated heterocycles. The van der Waals surface area contributed by atoms with E-state index in [0.29, 0.717) is 15.9 Å². The predicted octanol–water partition coefficient (Wildman–Crippen LogP) is 5.68. The van der Waals surface area contributed by atoms with Gasteiger partial charge in [-0.25, -0.2) is 9.97 Å². The van der Waals surface area contributed by atoms with Crippen molar-refractivity contribution in [2.75, 3.05) is 12.4 Å². The number of rotatable bonds is 4. The number of H-pyrrole nitrogens is 1. The Balaban J connectivity index is 1.73. The lowest BCUT2D eigenvalue weighted by Crippen LogP contribution is -1.95. The molecule has 7 heteroatoms. The van der Waals surface area contributed by atoms with Crippen molar-refractivity contribution >= 4 is 45.7 Å². The summed E-state index contributed by atoms with van der Waals surface area (Å²) in [7, 11) is 1.65. The Kier molecular flexibility index (Phi) is 4.41. The highest BCUT2D eigenvalue weighted by atomic mass is 35.5. The second-order valence-electron chi connectivity index (χ2n) is 5.68. The average Bonchev–Trinajstić information content (AvgIpc) is 3.06. The Morgan fingerprint density at radius 1 is 0.962 bits per heavy atom. The molecule has 130 valence electrons. The molecule has 2 aromatic heterocycles. The van der Waals surface area contributed by atoms with Crippen molar-refractivity contribution in [2.24, 2.45) is 0 Å². The van der Waals surface area contributed by atoms with Gasteiger partial charge >= 0.3 is 0 Å². The SMILES string of the molecule is COc1ccc(-c2cc3c(Nc4cc(Cl)cc(Cl)c4)ncnc3[nH]2)cc1. The molecule has 0 atom stereocenters. The van der Waals surface area contributed by atoms with Gasteiger partial charge in [-0.3, -0.25) is 0 Å². The Morgan fingerprint density at radius 2 is 1.69 bits per heavy atom. The van der Waals surface area contributed by atoms with Crippen LogP contribution in [0.25, 0.3) is 22.3 Å². The zero-order valence-electron chi connectivity index (χ0n) is 13.8. The summed E-state index contributed by atoms with van der Waals surface area (Å²) in [6, 6.07) is 15.1. The maximum atomic E-state index is 6.07. The highest BCUT2D eigenvalue weighted by Gasteiger charge is 2.10. The van der Waals surface area contributed by atoms with E-state index in [9.17, 15) is 0 Å². The van der Waals surface area contributed by atoms with Gasteiger partial charge < -0.3 is 15.0 Å². The first-order valence-corrected chi connectivity index (χ1v) is 8.59. The predicted molar refractivity (Wildman–Crippen MR) is 106 cm³/mol. The van der Waals surface area contributed by atoms with Gasteiger partial charge in [0.25, 0.3) is 0 Å². The summed E-state index contributed by atoms with van der Waals surface area (Å²) in [5.41, 5.74) is 3.46. The third-order valence-electron chi connectivity index (χ3n) is 3.95. The molecule has 4 rings (SSSR count). The Bertz CT molecular complexity index is 1060. The number of aromatic nitrogens is 3. The van der Waals surface area contributed by atoms with Crippen molar-refractivity contribution in [3.05, 3.63) is 64.9 Å². The van der Waals surface area contributed by atoms with Crippen LogP contribution in [0.4, 0.5) is 11.5 Å². The first-order chi connectivity index (χ1) is 12.6. The quantitative estimate of drug-likeness (QED) is 0.474. The zero-order valence-corrected chi connectivity index (χ0v) is 15.3. The van der Waals surface area contributed by atoms with Crippen LogP contribution < -0.4 is 10.1 Å². The smallest absolute Gasteiger partial charge is 0.143 e. The van der Waals surface area contributed by atoms with E-state index in [1.54, 1.807) is 25.3 Å². The largest absolute Gasteiger partial charge is 0.497 e. The molecular formula is C19H14Cl2N4O.